The third kappa shape index (κ3) is 1.73. The van der Waals surface area contributed by atoms with Gasteiger partial charge in [-0.3, -0.25) is 0 Å². The predicted molar refractivity (Wildman–Crippen MR) is 46.9 cm³/mol. The van der Waals surface area contributed by atoms with Gasteiger partial charge in [0.05, 0.1) is 24.3 Å². The van der Waals surface area contributed by atoms with Crippen molar-refractivity contribution in [2.45, 2.75) is 18.7 Å². The van der Waals surface area contributed by atoms with Gasteiger partial charge in [-0.05, 0) is 0 Å². The van der Waals surface area contributed by atoms with Gasteiger partial charge in [0.25, 0.3) is 0 Å². The lowest BCUT2D eigenvalue weighted by Gasteiger charge is -2.02. The van der Waals surface area contributed by atoms with Gasteiger partial charge in [0.1, 0.15) is 0 Å². The summed E-state index contributed by atoms with van der Waals surface area (Å²) in [5.41, 5.74) is 0.493. The summed E-state index contributed by atoms with van der Waals surface area (Å²) in [6.45, 7) is 1.35. The van der Waals surface area contributed by atoms with Crippen molar-refractivity contribution in [3.8, 4) is 0 Å². The first kappa shape index (κ1) is 10.2. The first-order chi connectivity index (χ1) is 6.03. The Kier molecular flexibility index (Phi) is 2.72. The van der Waals surface area contributed by atoms with E-state index in [4.69, 9.17) is 5.11 Å². The fraction of sp³-hybridized carbons (Fsp3) is 0.571. The Labute approximate surface area is 76.9 Å². The van der Waals surface area contributed by atoms with Gasteiger partial charge in [0.15, 0.2) is 0 Å². The quantitative estimate of drug-likeness (QED) is 0.734. The van der Waals surface area contributed by atoms with E-state index in [1.807, 2.05) is 0 Å². The lowest BCUT2D eigenvalue weighted by atomic mass is 10.5. The van der Waals surface area contributed by atoms with Crippen molar-refractivity contribution >= 4 is 9.84 Å². The number of nitrogens with zero attached hydrogens (tertiary/aromatic N) is 2. The molecule has 1 aromatic heterocycles. The lowest BCUT2D eigenvalue weighted by Crippen LogP contribution is -2.11. The number of aliphatic hydroxyl groups excluding tert-OH is 1. The van der Waals surface area contributed by atoms with Crippen molar-refractivity contribution in [1.29, 1.82) is 0 Å². The molecule has 1 N–H and O–H groups in total. The van der Waals surface area contributed by atoms with Gasteiger partial charge in [-0.1, -0.05) is 6.92 Å². The smallest absolute Gasteiger partial charge is 0.227 e. The second-order valence-electron chi connectivity index (χ2n) is 2.65. The van der Waals surface area contributed by atoms with Gasteiger partial charge in [-0.25, -0.2) is 13.4 Å². The molecule has 0 bridgehead atoms. The monoisotopic (exact) mass is 204 g/mol. The summed E-state index contributed by atoms with van der Waals surface area (Å²) in [6.07, 6.45) is 1.36. The van der Waals surface area contributed by atoms with E-state index < -0.39 is 9.84 Å². The van der Waals surface area contributed by atoms with E-state index in [0.717, 1.165) is 0 Å². The van der Waals surface area contributed by atoms with Crippen molar-refractivity contribution in [2.75, 3.05) is 5.75 Å². The maximum atomic E-state index is 11.4. The maximum Gasteiger partial charge on any atom is 0.227 e. The fourth-order valence-electron chi connectivity index (χ4n) is 0.991. The molecular weight excluding hydrogens is 192 g/mol. The minimum absolute atomic E-state index is 0.0130. The average molecular weight is 204 g/mol. The molecule has 13 heavy (non-hydrogen) atoms. The Hall–Kier alpha value is -0.880. The number of rotatable bonds is 3. The van der Waals surface area contributed by atoms with Crippen LogP contribution in [-0.2, 0) is 23.5 Å². The number of imidazole rings is 1. The van der Waals surface area contributed by atoms with Crippen LogP contribution in [0.2, 0.25) is 0 Å². The highest BCUT2D eigenvalue weighted by atomic mass is 32.2. The molecule has 1 rings (SSSR count). The van der Waals surface area contributed by atoms with Gasteiger partial charge >= 0.3 is 0 Å². The summed E-state index contributed by atoms with van der Waals surface area (Å²) in [7, 11) is -1.71. The largest absolute Gasteiger partial charge is 0.390 e. The van der Waals surface area contributed by atoms with E-state index in [0.29, 0.717) is 5.69 Å². The van der Waals surface area contributed by atoms with Crippen LogP contribution in [0.3, 0.4) is 0 Å². The molecule has 1 aromatic rings. The van der Waals surface area contributed by atoms with Gasteiger partial charge in [-0.15, -0.1) is 0 Å². The van der Waals surface area contributed by atoms with E-state index >= 15 is 0 Å². The van der Waals surface area contributed by atoms with E-state index in [2.05, 4.69) is 4.98 Å². The zero-order valence-corrected chi connectivity index (χ0v) is 8.37. The number of sulfone groups is 1. The summed E-state index contributed by atoms with van der Waals surface area (Å²) in [5.74, 6) is 0.0166. The van der Waals surface area contributed by atoms with E-state index in [1.165, 1.54) is 10.8 Å². The second kappa shape index (κ2) is 3.47. The Morgan fingerprint density at radius 3 is 2.62 bits per heavy atom. The SMILES string of the molecule is CCS(=O)(=O)c1ncc(CO)n1C. The number of aromatic nitrogens is 2. The molecule has 0 aliphatic rings. The normalized spacial score (nSPS) is 11.9. The lowest BCUT2D eigenvalue weighted by molar-refractivity contribution is 0.271. The minimum Gasteiger partial charge on any atom is -0.390 e. The molecule has 0 saturated carbocycles. The molecule has 5 nitrogen and oxygen atoms in total. The highest BCUT2D eigenvalue weighted by Crippen LogP contribution is 2.10. The topological polar surface area (TPSA) is 72.2 Å². The molecule has 0 unspecified atom stereocenters. The zero-order chi connectivity index (χ0) is 10.1. The van der Waals surface area contributed by atoms with Crippen LogP contribution < -0.4 is 0 Å². The second-order valence-corrected chi connectivity index (χ2v) is 4.82. The molecule has 0 aromatic carbocycles. The van der Waals surface area contributed by atoms with Crippen LogP contribution in [0.4, 0.5) is 0 Å². The molecule has 0 aliphatic carbocycles. The standard InChI is InChI=1S/C7H12N2O3S/c1-3-13(11,12)7-8-4-6(5-10)9(7)2/h4,10H,3,5H2,1-2H3. The first-order valence-corrected chi connectivity index (χ1v) is 5.52. The molecule has 0 saturated heterocycles. The summed E-state index contributed by atoms with van der Waals surface area (Å²) in [5, 5.41) is 8.83. The average Bonchev–Trinajstić information content (AvgIpc) is 2.47. The Morgan fingerprint density at radius 2 is 2.23 bits per heavy atom. The van der Waals surface area contributed by atoms with Crippen molar-refractivity contribution in [1.82, 2.24) is 9.55 Å². The molecule has 0 atom stereocenters. The Balaban J connectivity index is 3.25. The van der Waals surface area contributed by atoms with Crippen LogP contribution in [0.15, 0.2) is 11.4 Å². The highest BCUT2D eigenvalue weighted by Gasteiger charge is 2.18. The molecule has 0 radical (unpaired) electrons. The van der Waals surface area contributed by atoms with E-state index in [-0.39, 0.29) is 17.5 Å². The number of hydrogen-bond donors (Lipinski definition) is 1. The van der Waals surface area contributed by atoms with Crippen LogP contribution in [0.1, 0.15) is 12.6 Å². The summed E-state index contributed by atoms with van der Waals surface area (Å²) < 4.78 is 24.2. The van der Waals surface area contributed by atoms with E-state index in [1.54, 1.807) is 14.0 Å². The molecule has 74 valence electrons. The van der Waals surface area contributed by atoms with Gasteiger partial charge in [0, 0.05) is 7.05 Å². The van der Waals surface area contributed by atoms with Crippen LogP contribution in [0, 0.1) is 0 Å². The minimum atomic E-state index is -3.28. The molecule has 0 aliphatic heterocycles. The molecule has 1 heterocycles. The van der Waals surface area contributed by atoms with Crippen LogP contribution in [0.5, 0.6) is 0 Å². The molecule has 0 amide bonds. The Bertz CT molecular complexity index is 394. The predicted octanol–water partition coefficient (Wildman–Crippen LogP) is -0.294. The van der Waals surface area contributed by atoms with Crippen molar-refractivity contribution < 1.29 is 13.5 Å². The maximum absolute atomic E-state index is 11.4. The summed E-state index contributed by atoms with van der Waals surface area (Å²) in [4.78, 5) is 3.74. The first-order valence-electron chi connectivity index (χ1n) is 3.87. The van der Waals surface area contributed by atoms with Gasteiger partial charge in [-0.2, -0.15) is 0 Å². The van der Waals surface area contributed by atoms with Crippen molar-refractivity contribution in [3.05, 3.63) is 11.9 Å². The molecule has 0 spiro atoms. The Morgan fingerprint density at radius 1 is 1.62 bits per heavy atom. The fourth-order valence-corrected chi connectivity index (χ4v) is 2.00. The number of hydrogen-bond acceptors (Lipinski definition) is 4. The molecule has 0 fully saturated rings. The van der Waals surface area contributed by atoms with Gasteiger partial charge < -0.3 is 9.67 Å². The highest BCUT2D eigenvalue weighted by molar-refractivity contribution is 7.91. The summed E-state index contributed by atoms with van der Waals surface area (Å²) in [6, 6.07) is 0. The zero-order valence-electron chi connectivity index (χ0n) is 7.56. The summed E-state index contributed by atoms with van der Waals surface area (Å²) >= 11 is 0. The number of aliphatic hydroxyl groups is 1. The van der Waals surface area contributed by atoms with Crippen LogP contribution in [0.25, 0.3) is 0 Å². The van der Waals surface area contributed by atoms with E-state index in [9.17, 15) is 8.42 Å². The molecule has 6 heteroatoms. The van der Waals surface area contributed by atoms with Crippen molar-refractivity contribution in [2.24, 2.45) is 7.05 Å². The third-order valence-corrected chi connectivity index (χ3v) is 3.56. The molecular formula is C7H12N2O3S. The van der Waals surface area contributed by atoms with Gasteiger partial charge in [0.2, 0.25) is 15.0 Å². The van der Waals surface area contributed by atoms with Crippen LogP contribution in [-0.4, -0.2) is 28.8 Å². The van der Waals surface area contributed by atoms with Crippen LogP contribution >= 0.6 is 0 Å². The third-order valence-electron chi connectivity index (χ3n) is 1.86. The van der Waals surface area contributed by atoms with Crippen molar-refractivity contribution in [3.63, 3.8) is 0 Å².